The Labute approximate surface area is 214 Å². The first kappa shape index (κ1) is 29.0. The minimum atomic E-state index is -3.79. The van der Waals surface area contributed by atoms with E-state index in [1.807, 2.05) is 19.9 Å². The smallest absolute Gasteiger partial charge is 0.244 e. The lowest BCUT2D eigenvalue weighted by Crippen LogP contribution is -2.51. The summed E-state index contributed by atoms with van der Waals surface area (Å²) < 4.78 is 37.0. The summed E-state index contributed by atoms with van der Waals surface area (Å²) in [4.78, 5) is 27.8. The van der Waals surface area contributed by atoms with E-state index in [4.69, 9.17) is 9.47 Å². The summed E-state index contributed by atoms with van der Waals surface area (Å²) in [7, 11) is -2.25. The molecule has 2 rings (SSSR count). The maximum atomic E-state index is 13.6. The lowest BCUT2D eigenvalue weighted by Gasteiger charge is -2.31. The second-order valence-electron chi connectivity index (χ2n) is 8.39. The molecule has 0 aromatic heterocycles. The molecule has 0 radical (unpaired) electrons. The van der Waals surface area contributed by atoms with Crippen LogP contribution in [0, 0.1) is 0 Å². The van der Waals surface area contributed by atoms with Crippen molar-refractivity contribution in [2.24, 2.45) is 0 Å². The Morgan fingerprint density at radius 1 is 1.06 bits per heavy atom. The van der Waals surface area contributed by atoms with E-state index in [2.05, 4.69) is 5.32 Å². The van der Waals surface area contributed by atoms with Gasteiger partial charge in [0.2, 0.25) is 21.8 Å². The van der Waals surface area contributed by atoms with E-state index in [1.54, 1.807) is 56.5 Å². The Kier molecular flexibility index (Phi) is 11.0. The lowest BCUT2D eigenvalue weighted by atomic mass is 10.1. The number of nitrogens with zero attached hydrogens (tertiary/aromatic N) is 2. The number of amides is 2. The molecule has 0 fully saturated rings. The number of carbonyl (C=O) groups excluding carboxylic acids is 2. The van der Waals surface area contributed by atoms with Crippen molar-refractivity contribution in [2.75, 3.05) is 37.4 Å². The Morgan fingerprint density at radius 2 is 1.75 bits per heavy atom. The van der Waals surface area contributed by atoms with Crippen LogP contribution in [0.5, 0.6) is 11.5 Å². The molecule has 10 heteroatoms. The summed E-state index contributed by atoms with van der Waals surface area (Å²) >= 11 is 0. The monoisotopic (exact) mass is 519 g/mol. The van der Waals surface area contributed by atoms with Crippen LogP contribution in [0.15, 0.2) is 48.5 Å². The zero-order valence-corrected chi connectivity index (χ0v) is 22.5. The molecule has 2 amide bonds. The Hall–Kier alpha value is -3.27. The molecule has 0 saturated carbocycles. The highest BCUT2D eigenvalue weighted by Crippen LogP contribution is 2.23. The van der Waals surface area contributed by atoms with Crippen LogP contribution in [0.3, 0.4) is 0 Å². The highest BCUT2D eigenvalue weighted by molar-refractivity contribution is 7.92. The first-order chi connectivity index (χ1) is 17.1. The fraction of sp³-hybridized carbons (Fsp3) is 0.462. The van der Waals surface area contributed by atoms with Gasteiger partial charge in [-0.15, -0.1) is 0 Å². The first-order valence-corrected chi connectivity index (χ1v) is 13.9. The lowest BCUT2D eigenvalue weighted by molar-refractivity contribution is -0.139. The topological polar surface area (TPSA) is 105 Å². The average molecular weight is 520 g/mol. The van der Waals surface area contributed by atoms with E-state index in [0.29, 0.717) is 30.3 Å². The van der Waals surface area contributed by atoms with E-state index in [0.717, 1.165) is 29.0 Å². The summed E-state index contributed by atoms with van der Waals surface area (Å²) in [6.07, 6.45) is 2.79. The average Bonchev–Trinajstić information content (AvgIpc) is 2.85. The molecule has 0 bridgehead atoms. The van der Waals surface area contributed by atoms with Crippen molar-refractivity contribution >= 4 is 27.5 Å². The number of rotatable bonds is 14. The van der Waals surface area contributed by atoms with Crippen LogP contribution in [0.2, 0.25) is 0 Å². The number of unbranched alkanes of at least 4 members (excludes halogenated alkanes) is 1. The van der Waals surface area contributed by atoms with Crippen LogP contribution in [0.4, 0.5) is 5.69 Å². The zero-order valence-electron chi connectivity index (χ0n) is 21.7. The minimum absolute atomic E-state index is 0.110. The van der Waals surface area contributed by atoms with Crippen LogP contribution in [-0.4, -0.2) is 64.2 Å². The van der Waals surface area contributed by atoms with Gasteiger partial charge in [0.25, 0.3) is 0 Å². The van der Waals surface area contributed by atoms with Gasteiger partial charge in [-0.1, -0.05) is 25.5 Å². The number of nitrogens with one attached hydrogen (secondary N) is 1. The highest BCUT2D eigenvalue weighted by Gasteiger charge is 2.30. The van der Waals surface area contributed by atoms with Crippen molar-refractivity contribution < 1.29 is 27.5 Å². The van der Waals surface area contributed by atoms with E-state index in [9.17, 15) is 18.0 Å². The van der Waals surface area contributed by atoms with E-state index < -0.39 is 28.5 Å². The molecule has 0 unspecified atom stereocenters. The predicted octanol–water partition coefficient (Wildman–Crippen LogP) is 3.19. The minimum Gasteiger partial charge on any atom is -0.497 e. The first-order valence-electron chi connectivity index (χ1n) is 12.0. The molecule has 0 saturated heterocycles. The zero-order chi connectivity index (χ0) is 26.7. The van der Waals surface area contributed by atoms with Crippen LogP contribution in [0.25, 0.3) is 0 Å². The molecular weight excluding hydrogens is 482 g/mol. The standard InChI is InChI=1S/C26H37N3O6S/c1-6-8-16-27-26(31)20(3)28(18-21-10-9-11-24(17-21)34-4)25(30)19-29(36(5,32)33)22-12-14-23(15-13-22)35-7-2/h9-15,17,20H,6-8,16,18-19H2,1-5H3,(H,27,31)/t20-/m0/s1. The number of sulfonamides is 1. The molecule has 1 atom stereocenters. The van der Waals surface area contributed by atoms with Gasteiger partial charge in [0, 0.05) is 13.1 Å². The third-order valence-electron chi connectivity index (χ3n) is 5.60. The molecule has 198 valence electrons. The summed E-state index contributed by atoms with van der Waals surface area (Å²) in [6.45, 7) is 6.15. The van der Waals surface area contributed by atoms with E-state index >= 15 is 0 Å². The molecule has 0 spiro atoms. The summed E-state index contributed by atoms with van der Waals surface area (Å²) in [5, 5.41) is 2.86. The molecule has 0 aliphatic heterocycles. The van der Waals surface area contributed by atoms with Gasteiger partial charge < -0.3 is 19.7 Å². The second-order valence-corrected chi connectivity index (χ2v) is 10.3. The van der Waals surface area contributed by atoms with Gasteiger partial charge in [-0.2, -0.15) is 0 Å². The molecule has 0 aliphatic rings. The molecule has 2 aromatic carbocycles. The molecule has 0 heterocycles. The SMILES string of the molecule is CCCCNC(=O)[C@H](C)N(Cc1cccc(OC)c1)C(=O)CN(c1ccc(OCC)cc1)S(C)(=O)=O. The van der Waals surface area contributed by atoms with Crippen LogP contribution in [0.1, 0.15) is 39.2 Å². The number of methoxy groups -OCH3 is 1. The molecule has 2 aromatic rings. The van der Waals surface area contributed by atoms with Crippen LogP contribution in [-0.2, 0) is 26.2 Å². The van der Waals surface area contributed by atoms with E-state index in [1.165, 1.54) is 4.90 Å². The number of benzene rings is 2. The van der Waals surface area contributed by atoms with Crippen molar-refractivity contribution in [2.45, 2.75) is 46.2 Å². The highest BCUT2D eigenvalue weighted by atomic mass is 32.2. The maximum absolute atomic E-state index is 13.6. The van der Waals surface area contributed by atoms with Crippen molar-refractivity contribution in [1.82, 2.24) is 10.2 Å². The number of hydrogen-bond donors (Lipinski definition) is 1. The largest absolute Gasteiger partial charge is 0.497 e. The Morgan fingerprint density at radius 3 is 2.33 bits per heavy atom. The number of anilines is 1. The van der Waals surface area contributed by atoms with Crippen LogP contribution < -0.4 is 19.1 Å². The molecule has 36 heavy (non-hydrogen) atoms. The third-order valence-corrected chi connectivity index (χ3v) is 6.74. The Bertz CT molecular complexity index is 1100. The molecular formula is C26H37N3O6S. The fourth-order valence-electron chi connectivity index (χ4n) is 3.58. The van der Waals surface area contributed by atoms with Crippen molar-refractivity contribution in [3.8, 4) is 11.5 Å². The third kappa shape index (κ3) is 8.44. The fourth-order valence-corrected chi connectivity index (χ4v) is 4.42. The van der Waals surface area contributed by atoms with Gasteiger partial charge in [0.15, 0.2) is 0 Å². The Balaban J connectivity index is 2.35. The molecule has 1 N–H and O–H groups in total. The summed E-state index contributed by atoms with van der Waals surface area (Å²) in [5.74, 6) is 0.409. The van der Waals surface area contributed by atoms with Gasteiger partial charge >= 0.3 is 0 Å². The van der Waals surface area contributed by atoms with Gasteiger partial charge in [-0.05, 0) is 62.2 Å². The maximum Gasteiger partial charge on any atom is 0.244 e. The quantitative estimate of drug-likeness (QED) is 0.385. The van der Waals surface area contributed by atoms with Crippen molar-refractivity contribution in [3.63, 3.8) is 0 Å². The van der Waals surface area contributed by atoms with Gasteiger partial charge in [0.1, 0.15) is 24.1 Å². The van der Waals surface area contributed by atoms with Crippen molar-refractivity contribution in [3.05, 3.63) is 54.1 Å². The van der Waals surface area contributed by atoms with Gasteiger partial charge in [0.05, 0.1) is 25.7 Å². The second kappa shape index (κ2) is 13.7. The van der Waals surface area contributed by atoms with Crippen LogP contribution >= 0.6 is 0 Å². The summed E-state index contributed by atoms with van der Waals surface area (Å²) in [6, 6.07) is 12.9. The van der Waals surface area contributed by atoms with Gasteiger partial charge in [-0.3, -0.25) is 13.9 Å². The van der Waals surface area contributed by atoms with E-state index in [-0.39, 0.29) is 12.5 Å². The van der Waals surface area contributed by atoms with Crippen molar-refractivity contribution in [1.29, 1.82) is 0 Å². The molecule has 0 aliphatic carbocycles. The summed E-state index contributed by atoms with van der Waals surface area (Å²) in [5.41, 5.74) is 1.08. The number of carbonyl (C=O) groups is 2. The number of hydrogen-bond acceptors (Lipinski definition) is 6. The predicted molar refractivity (Wildman–Crippen MR) is 141 cm³/mol. The van der Waals surface area contributed by atoms with Gasteiger partial charge in [-0.25, -0.2) is 8.42 Å². The normalized spacial score (nSPS) is 11.9. The molecule has 9 nitrogen and oxygen atoms in total. The number of ether oxygens (including phenoxy) is 2.